The topological polar surface area (TPSA) is 55.8 Å². The molecule has 0 aromatic heterocycles. The smallest absolute Gasteiger partial charge is 0.313 e. The van der Waals surface area contributed by atoms with Gasteiger partial charge in [0.25, 0.3) is 0 Å². The Balaban J connectivity index is 1.78. The molecule has 5 heteroatoms. The fraction of sp³-hybridized carbons (Fsp3) is 0.762. The summed E-state index contributed by atoms with van der Waals surface area (Å²) in [5.74, 6) is 0.284. The molecule has 26 heavy (non-hydrogen) atoms. The second-order valence-electron chi connectivity index (χ2n) is 10.6. The van der Waals surface area contributed by atoms with Gasteiger partial charge in [0.1, 0.15) is 5.60 Å². The molecule has 1 saturated heterocycles. The minimum Gasteiger partial charge on any atom is -0.544 e. The van der Waals surface area contributed by atoms with Gasteiger partial charge in [0.15, 0.2) is 0 Å². The molecule has 3 fully saturated rings. The van der Waals surface area contributed by atoms with Gasteiger partial charge < -0.3 is 14.3 Å². The molecule has 2 unspecified atom stereocenters. The first-order valence-corrected chi connectivity index (χ1v) is 12.8. The van der Waals surface area contributed by atoms with Gasteiger partial charge in [-0.1, -0.05) is 20.8 Å². The van der Waals surface area contributed by atoms with Crippen LogP contribution in [-0.4, -0.2) is 30.6 Å². The van der Waals surface area contributed by atoms with E-state index in [1.807, 2.05) is 18.2 Å². The molecular formula is C21H32O4Si. The van der Waals surface area contributed by atoms with Crippen LogP contribution in [0.1, 0.15) is 53.4 Å². The summed E-state index contributed by atoms with van der Waals surface area (Å²) in [4.78, 5) is 12.8. The predicted molar refractivity (Wildman–Crippen MR) is 103 cm³/mol. The van der Waals surface area contributed by atoms with E-state index in [0.29, 0.717) is 6.42 Å². The average Bonchev–Trinajstić information content (AvgIpc) is 3.24. The Bertz CT molecular complexity index is 712. The fourth-order valence-electron chi connectivity index (χ4n) is 5.23. The average molecular weight is 377 g/mol. The Morgan fingerprint density at radius 1 is 1.23 bits per heavy atom. The summed E-state index contributed by atoms with van der Waals surface area (Å²) >= 11 is 0. The number of carbonyl (C=O) groups excluding carboxylic acids is 1. The highest BCUT2D eigenvalue weighted by atomic mass is 28.4. The van der Waals surface area contributed by atoms with Crippen molar-refractivity contribution in [2.75, 3.05) is 0 Å². The molecule has 1 spiro atoms. The molecule has 0 aromatic carbocycles. The number of carbonyl (C=O) groups is 1. The van der Waals surface area contributed by atoms with Gasteiger partial charge in [-0.2, -0.15) is 0 Å². The third kappa shape index (κ3) is 2.32. The molecule has 0 radical (unpaired) electrons. The maximum Gasteiger partial charge on any atom is 0.313 e. The quantitative estimate of drug-likeness (QED) is 0.576. The van der Waals surface area contributed by atoms with Crippen LogP contribution in [0.4, 0.5) is 0 Å². The Hall–Kier alpha value is -1.07. The van der Waals surface area contributed by atoms with Crippen LogP contribution in [0.2, 0.25) is 18.1 Å². The number of hydrogen-bond donors (Lipinski definition) is 1. The summed E-state index contributed by atoms with van der Waals surface area (Å²) in [6.45, 7) is 13.1. The highest BCUT2D eigenvalue weighted by Gasteiger charge is 2.74. The molecule has 4 aliphatic rings. The number of rotatable bonds is 2. The Labute approximate surface area is 157 Å². The van der Waals surface area contributed by atoms with Gasteiger partial charge >= 0.3 is 5.97 Å². The Morgan fingerprint density at radius 3 is 2.46 bits per heavy atom. The normalized spacial score (nSPS) is 43.8. The predicted octanol–water partition coefficient (Wildman–Crippen LogP) is 4.31. The van der Waals surface area contributed by atoms with Crippen molar-refractivity contribution in [1.29, 1.82) is 0 Å². The van der Waals surface area contributed by atoms with Gasteiger partial charge in [-0.3, -0.25) is 4.79 Å². The largest absolute Gasteiger partial charge is 0.544 e. The molecule has 2 saturated carbocycles. The SMILES string of the molecule is CC(C)(C)[Si](C)(C)OC1=C/[C@H]2C(=O)O[C@@]3(C)CCC(O)(/C=C\1)C1(CC1)C23. The highest BCUT2D eigenvalue weighted by molar-refractivity contribution is 6.74. The Morgan fingerprint density at radius 2 is 1.88 bits per heavy atom. The second-order valence-corrected chi connectivity index (χ2v) is 15.3. The second kappa shape index (κ2) is 5.05. The van der Waals surface area contributed by atoms with E-state index >= 15 is 0 Å². The van der Waals surface area contributed by atoms with Crippen molar-refractivity contribution in [2.45, 2.75) is 82.7 Å². The molecule has 2 bridgehead atoms. The third-order valence-electron chi connectivity index (χ3n) is 7.92. The van der Waals surface area contributed by atoms with Crippen molar-refractivity contribution < 1.29 is 19.1 Å². The number of ether oxygens (including phenoxy) is 1. The lowest BCUT2D eigenvalue weighted by Gasteiger charge is -2.50. The molecule has 144 valence electrons. The number of allylic oxidation sites excluding steroid dienone is 1. The molecule has 4 atom stereocenters. The van der Waals surface area contributed by atoms with Crippen molar-refractivity contribution >= 4 is 14.3 Å². The van der Waals surface area contributed by atoms with Gasteiger partial charge in [0.2, 0.25) is 8.32 Å². The molecule has 0 aromatic rings. The zero-order valence-electron chi connectivity index (χ0n) is 16.9. The van der Waals surface area contributed by atoms with E-state index in [1.165, 1.54) is 0 Å². The van der Waals surface area contributed by atoms with Gasteiger partial charge in [0.05, 0.1) is 17.3 Å². The number of aliphatic hydroxyl groups is 1. The van der Waals surface area contributed by atoms with E-state index in [1.54, 1.807) is 0 Å². The lowest BCUT2D eigenvalue weighted by molar-refractivity contribution is -0.160. The minimum absolute atomic E-state index is 0.0317. The van der Waals surface area contributed by atoms with E-state index < -0.39 is 19.5 Å². The summed E-state index contributed by atoms with van der Waals surface area (Å²) < 4.78 is 12.4. The monoisotopic (exact) mass is 376 g/mol. The molecule has 1 N–H and O–H groups in total. The lowest BCUT2D eigenvalue weighted by atomic mass is 9.56. The van der Waals surface area contributed by atoms with Crippen LogP contribution < -0.4 is 0 Å². The summed E-state index contributed by atoms with van der Waals surface area (Å²) in [6, 6.07) is 0. The van der Waals surface area contributed by atoms with E-state index in [4.69, 9.17) is 9.16 Å². The highest BCUT2D eigenvalue weighted by Crippen LogP contribution is 2.71. The van der Waals surface area contributed by atoms with Gasteiger partial charge in [0, 0.05) is 11.3 Å². The van der Waals surface area contributed by atoms with Crippen molar-refractivity contribution in [3.63, 3.8) is 0 Å². The van der Waals surface area contributed by atoms with Gasteiger partial charge in [-0.05, 0) is 69.0 Å². The number of hydrogen-bond acceptors (Lipinski definition) is 4. The van der Waals surface area contributed by atoms with Crippen LogP contribution in [0, 0.1) is 17.3 Å². The molecular weight excluding hydrogens is 344 g/mol. The van der Waals surface area contributed by atoms with Crippen molar-refractivity contribution in [2.24, 2.45) is 17.3 Å². The van der Waals surface area contributed by atoms with Crippen molar-refractivity contribution in [3.8, 4) is 0 Å². The molecule has 3 aliphatic carbocycles. The van der Waals surface area contributed by atoms with Crippen LogP contribution in [0.15, 0.2) is 24.0 Å². The van der Waals surface area contributed by atoms with Crippen LogP contribution >= 0.6 is 0 Å². The molecule has 1 aliphatic heterocycles. The summed E-state index contributed by atoms with van der Waals surface area (Å²) in [7, 11) is -2.03. The first kappa shape index (κ1) is 18.3. The van der Waals surface area contributed by atoms with Crippen LogP contribution in [0.3, 0.4) is 0 Å². The summed E-state index contributed by atoms with van der Waals surface area (Å²) in [5.41, 5.74) is -1.54. The van der Waals surface area contributed by atoms with E-state index in [0.717, 1.165) is 25.0 Å². The standard InChI is InChI=1S/C21H32O4Si/c1-18(2,3)26(5,6)25-14-7-8-21(23)12-9-19(4)16(20(21)10-11-20)15(13-14)17(22)24-19/h7-8,13,15-16,23H,9-12H2,1-6H3/b8-7-,14-13+/t15-,16?,19+,21?/m1/s1. The maximum atomic E-state index is 12.8. The van der Waals surface area contributed by atoms with E-state index in [-0.39, 0.29) is 28.3 Å². The zero-order valence-corrected chi connectivity index (χ0v) is 17.9. The molecule has 4 rings (SSSR count). The number of esters is 1. The molecule has 1 heterocycles. The van der Waals surface area contributed by atoms with Crippen molar-refractivity contribution in [3.05, 3.63) is 24.0 Å². The lowest BCUT2D eigenvalue weighted by Crippen LogP contribution is -2.56. The minimum atomic E-state index is -2.03. The summed E-state index contributed by atoms with van der Waals surface area (Å²) in [6.07, 6.45) is 9.16. The van der Waals surface area contributed by atoms with E-state index in [9.17, 15) is 9.90 Å². The van der Waals surface area contributed by atoms with Gasteiger partial charge in [-0.25, -0.2) is 0 Å². The maximum absolute atomic E-state index is 12.8. The van der Waals surface area contributed by atoms with Crippen molar-refractivity contribution in [1.82, 2.24) is 0 Å². The summed E-state index contributed by atoms with van der Waals surface area (Å²) in [5, 5.41) is 11.6. The zero-order chi connectivity index (χ0) is 19.2. The molecule has 0 amide bonds. The first-order chi connectivity index (χ1) is 11.8. The van der Waals surface area contributed by atoms with Gasteiger partial charge in [-0.15, -0.1) is 0 Å². The van der Waals surface area contributed by atoms with Crippen LogP contribution in [0.25, 0.3) is 0 Å². The Kier molecular flexibility index (Phi) is 3.55. The van der Waals surface area contributed by atoms with Crippen LogP contribution in [0.5, 0.6) is 0 Å². The van der Waals surface area contributed by atoms with Crippen LogP contribution in [-0.2, 0) is 14.0 Å². The van der Waals surface area contributed by atoms with E-state index in [2.05, 4.69) is 40.8 Å². The first-order valence-electron chi connectivity index (χ1n) is 9.89. The fourth-order valence-corrected chi connectivity index (χ4v) is 6.26. The molecule has 4 nitrogen and oxygen atoms in total. The third-order valence-corrected chi connectivity index (χ3v) is 12.3.